The van der Waals surface area contributed by atoms with Gasteiger partial charge in [-0.2, -0.15) is 0 Å². The number of amides is 2. The molecule has 1 fully saturated rings. The van der Waals surface area contributed by atoms with Crippen molar-refractivity contribution < 1.29 is 9.59 Å². The summed E-state index contributed by atoms with van der Waals surface area (Å²) in [6, 6.07) is 9.00. The first-order chi connectivity index (χ1) is 10.2. The van der Waals surface area contributed by atoms with Gasteiger partial charge in [0.25, 0.3) is 0 Å². The second-order valence-corrected chi connectivity index (χ2v) is 5.22. The van der Waals surface area contributed by atoms with Gasteiger partial charge in [-0.05, 0) is 25.3 Å². The molecule has 21 heavy (non-hydrogen) atoms. The highest BCUT2D eigenvalue weighted by molar-refractivity contribution is 5.86. The monoisotopic (exact) mass is 289 g/mol. The number of carbonyl (C=O) groups is 2. The maximum absolute atomic E-state index is 12.3. The first-order valence-corrected chi connectivity index (χ1v) is 7.49. The van der Waals surface area contributed by atoms with Gasteiger partial charge in [-0.25, -0.2) is 0 Å². The Bertz CT molecular complexity index is 490. The Kier molecular flexibility index (Phi) is 5.33. The number of nitrogens with zero attached hydrogens (tertiary/aromatic N) is 1. The van der Waals surface area contributed by atoms with Gasteiger partial charge in [-0.1, -0.05) is 30.3 Å². The summed E-state index contributed by atoms with van der Waals surface area (Å²) in [6.07, 6.45) is 1.73. The van der Waals surface area contributed by atoms with Crippen molar-refractivity contribution in [1.29, 1.82) is 0 Å². The third kappa shape index (κ3) is 3.42. The van der Waals surface area contributed by atoms with Crippen LogP contribution in [0.4, 0.5) is 0 Å². The summed E-state index contributed by atoms with van der Waals surface area (Å²) in [5, 5.41) is 5.59. The number of hydrogen-bond acceptors (Lipinski definition) is 3. The molecule has 1 heterocycles. The number of nitrogens with one attached hydrogen (secondary N) is 2. The number of benzene rings is 1. The summed E-state index contributed by atoms with van der Waals surface area (Å²) < 4.78 is 0. The van der Waals surface area contributed by atoms with Crippen molar-refractivity contribution in [3.8, 4) is 0 Å². The second-order valence-electron chi connectivity index (χ2n) is 5.22. The molecular formula is C16H23N3O2. The van der Waals surface area contributed by atoms with E-state index in [4.69, 9.17) is 0 Å². The van der Waals surface area contributed by atoms with E-state index in [9.17, 15) is 9.59 Å². The molecule has 0 radical (unpaired) electrons. The third-order valence-corrected chi connectivity index (χ3v) is 3.89. The van der Waals surface area contributed by atoms with E-state index in [1.54, 1.807) is 7.05 Å². The van der Waals surface area contributed by atoms with Crippen LogP contribution in [0, 0.1) is 0 Å². The zero-order chi connectivity index (χ0) is 15.2. The Morgan fingerprint density at radius 3 is 2.67 bits per heavy atom. The van der Waals surface area contributed by atoms with Crippen molar-refractivity contribution >= 4 is 11.8 Å². The van der Waals surface area contributed by atoms with Crippen molar-refractivity contribution in [2.45, 2.75) is 31.8 Å². The Balaban J connectivity index is 2.28. The maximum atomic E-state index is 12.3. The highest BCUT2D eigenvalue weighted by Gasteiger charge is 2.38. The Labute approximate surface area is 125 Å². The minimum atomic E-state index is -0.411. The average molecular weight is 289 g/mol. The zero-order valence-electron chi connectivity index (χ0n) is 12.6. The Hall–Kier alpha value is -1.88. The first kappa shape index (κ1) is 15.5. The molecule has 2 rings (SSSR count). The van der Waals surface area contributed by atoms with Gasteiger partial charge in [0.2, 0.25) is 11.8 Å². The molecule has 2 amide bonds. The van der Waals surface area contributed by atoms with Crippen LogP contribution < -0.4 is 10.6 Å². The highest BCUT2D eigenvalue weighted by Crippen LogP contribution is 2.29. The predicted molar refractivity (Wildman–Crippen MR) is 81.7 cm³/mol. The molecule has 1 aromatic carbocycles. The second kappa shape index (κ2) is 7.22. The fourth-order valence-corrected chi connectivity index (χ4v) is 2.94. The van der Waals surface area contributed by atoms with Crippen LogP contribution >= 0.6 is 0 Å². The summed E-state index contributed by atoms with van der Waals surface area (Å²) >= 11 is 0. The maximum Gasteiger partial charge on any atom is 0.241 e. The zero-order valence-corrected chi connectivity index (χ0v) is 12.6. The van der Waals surface area contributed by atoms with Crippen molar-refractivity contribution in [1.82, 2.24) is 15.5 Å². The smallest absolute Gasteiger partial charge is 0.241 e. The standard InChI is InChI=1S/C16H23N3O2/c1-3-18-15(20)13-10-7-11-19(13)14(16(21)17-2)12-8-5-4-6-9-12/h4-6,8-9,13-14H,3,7,10-11H2,1-2H3,(H,17,21)(H,18,20)/t13-,14+/m0/s1. The van der Waals surface area contributed by atoms with Crippen molar-refractivity contribution in [3.63, 3.8) is 0 Å². The number of carbonyl (C=O) groups excluding carboxylic acids is 2. The molecule has 1 saturated heterocycles. The van der Waals surface area contributed by atoms with E-state index in [0.29, 0.717) is 6.54 Å². The van der Waals surface area contributed by atoms with Crippen LogP contribution in [0.2, 0.25) is 0 Å². The predicted octanol–water partition coefficient (Wildman–Crippen LogP) is 1.07. The topological polar surface area (TPSA) is 61.4 Å². The van der Waals surface area contributed by atoms with Gasteiger partial charge in [0.05, 0.1) is 6.04 Å². The van der Waals surface area contributed by atoms with Crippen LogP contribution in [-0.2, 0) is 9.59 Å². The SMILES string of the molecule is CCNC(=O)[C@@H]1CCCN1[C@@H](C(=O)NC)c1ccccc1. The molecule has 5 nitrogen and oxygen atoms in total. The average Bonchev–Trinajstić information content (AvgIpc) is 2.98. The molecule has 0 saturated carbocycles. The van der Waals surface area contributed by atoms with Gasteiger partial charge in [0.15, 0.2) is 0 Å². The van der Waals surface area contributed by atoms with Gasteiger partial charge in [-0.15, -0.1) is 0 Å². The fourth-order valence-electron chi connectivity index (χ4n) is 2.94. The summed E-state index contributed by atoms with van der Waals surface area (Å²) in [4.78, 5) is 26.6. The minimum absolute atomic E-state index is 0.0137. The van der Waals surface area contributed by atoms with Crippen LogP contribution in [0.3, 0.4) is 0 Å². The third-order valence-electron chi connectivity index (χ3n) is 3.89. The normalized spacial score (nSPS) is 20.0. The van der Waals surface area contributed by atoms with E-state index in [0.717, 1.165) is 24.9 Å². The Morgan fingerprint density at radius 1 is 1.33 bits per heavy atom. The van der Waals surface area contributed by atoms with Gasteiger partial charge >= 0.3 is 0 Å². The molecule has 0 bridgehead atoms. The molecule has 1 aliphatic heterocycles. The van der Waals surface area contributed by atoms with Crippen LogP contribution in [0.15, 0.2) is 30.3 Å². The van der Waals surface area contributed by atoms with Crippen LogP contribution in [0.25, 0.3) is 0 Å². The van der Waals surface area contributed by atoms with Crippen molar-refractivity contribution in [3.05, 3.63) is 35.9 Å². The number of likely N-dealkylation sites (N-methyl/N-ethyl adjacent to an activating group) is 2. The molecule has 1 aliphatic rings. The molecule has 0 spiro atoms. The van der Waals surface area contributed by atoms with E-state index in [1.807, 2.05) is 42.2 Å². The van der Waals surface area contributed by atoms with Gasteiger partial charge in [0.1, 0.15) is 6.04 Å². The lowest BCUT2D eigenvalue weighted by atomic mass is 10.0. The van der Waals surface area contributed by atoms with E-state index < -0.39 is 6.04 Å². The minimum Gasteiger partial charge on any atom is -0.358 e. The molecule has 0 aromatic heterocycles. The van der Waals surface area contributed by atoms with E-state index in [1.165, 1.54) is 0 Å². The molecule has 114 valence electrons. The molecule has 2 atom stereocenters. The van der Waals surface area contributed by atoms with Gasteiger partial charge in [-0.3, -0.25) is 14.5 Å². The summed E-state index contributed by atoms with van der Waals surface area (Å²) in [5.74, 6) is -0.0581. The van der Waals surface area contributed by atoms with Gasteiger partial charge < -0.3 is 10.6 Å². The first-order valence-electron chi connectivity index (χ1n) is 7.49. The number of rotatable bonds is 5. The van der Waals surface area contributed by atoms with E-state index in [-0.39, 0.29) is 17.9 Å². The van der Waals surface area contributed by atoms with Crippen LogP contribution in [0.5, 0.6) is 0 Å². The summed E-state index contributed by atoms with van der Waals surface area (Å²) in [7, 11) is 1.63. The summed E-state index contributed by atoms with van der Waals surface area (Å²) in [5.41, 5.74) is 0.924. The molecule has 0 aliphatic carbocycles. The molecule has 0 unspecified atom stereocenters. The molecule has 1 aromatic rings. The lowest BCUT2D eigenvalue weighted by Crippen LogP contribution is -2.48. The quantitative estimate of drug-likeness (QED) is 0.852. The van der Waals surface area contributed by atoms with Gasteiger partial charge in [0, 0.05) is 20.1 Å². The lowest BCUT2D eigenvalue weighted by molar-refractivity contribution is -0.131. The van der Waals surface area contributed by atoms with Crippen LogP contribution in [-0.4, -0.2) is 42.9 Å². The highest BCUT2D eigenvalue weighted by atomic mass is 16.2. The van der Waals surface area contributed by atoms with Crippen LogP contribution in [0.1, 0.15) is 31.4 Å². The van der Waals surface area contributed by atoms with E-state index in [2.05, 4.69) is 10.6 Å². The molecule has 2 N–H and O–H groups in total. The summed E-state index contributed by atoms with van der Waals surface area (Å²) in [6.45, 7) is 3.28. The lowest BCUT2D eigenvalue weighted by Gasteiger charge is -2.31. The fraction of sp³-hybridized carbons (Fsp3) is 0.500. The largest absolute Gasteiger partial charge is 0.358 e. The van der Waals surface area contributed by atoms with E-state index >= 15 is 0 Å². The Morgan fingerprint density at radius 2 is 2.05 bits per heavy atom. The molecule has 5 heteroatoms. The van der Waals surface area contributed by atoms with Crippen molar-refractivity contribution in [2.24, 2.45) is 0 Å². The van der Waals surface area contributed by atoms with Crippen molar-refractivity contribution in [2.75, 3.05) is 20.1 Å². The number of hydrogen-bond donors (Lipinski definition) is 2. The number of likely N-dealkylation sites (tertiary alicyclic amines) is 1. The molecular weight excluding hydrogens is 266 g/mol.